The second-order valence-corrected chi connectivity index (χ2v) is 4.67. The molecule has 0 atom stereocenters. The third kappa shape index (κ3) is 2.14. The SMILES string of the molecule is OCc1ccc(-c2ccc(N3CCCC3)cc2)o1. The highest BCUT2D eigenvalue weighted by molar-refractivity contribution is 5.62. The van der Waals surface area contributed by atoms with E-state index in [4.69, 9.17) is 9.52 Å². The molecular weight excluding hydrogens is 226 g/mol. The maximum absolute atomic E-state index is 8.99. The molecule has 0 radical (unpaired) electrons. The summed E-state index contributed by atoms with van der Waals surface area (Å²) in [5, 5.41) is 8.99. The minimum Gasteiger partial charge on any atom is -0.459 e. The van der Waals surface area contributed by atoms with Crippen LogP contribution in [0.15, 0.2) is 40.8 Å². The first kappa shape index (κ1) is 11.4. The van der Waals surface area contributed by atoms with Crippen molar-refractivity contribution in [3.8, 4) is 11.3 Å². The quantitative estimate of drug-likeness (QED) is 0.900. The Morgan fingerprint density at radius 3 is 2.33 bits per heavy atom. The predicted octanol–water partition coefficient (Wildman–Crippen LogP) is 3.04. The molecule has 1 saturated heterocycles. The summed E-state index contributed by atoms with van der Waals surface area (Å²) < 4.78 is 5.52. The zero-order valence-corrected chi connectivity index (χ0v) is 10.3. The fourth-order valence-corrected chi connectivity index (χ4v) is 2.43. The Labute approximate surface area is 107 Å². The summed E-state index contributed by atoms with van der Waals surface area (Å²) in [6.07, 6.45) is 2.58. The van der Waals surface area contributed by atoms with E-state index in [1.165, 1.54) is 18.5 Å². The van der Waals surface area contributed by atoms with E-state index in [0.717, 1.165) is 24.4 Å². The van der Waals surface area contributed by atoms with Crippen LogP contribution in [0.25, 0.3) is 11.3 Å². The summed E-state index contributed by atoms with van der Waals surface area (Å²) in [6, 6.07) is 12.1. The Morgan fingerprint density at radius 1 is 1.00 bits per heavy atom. The summed E-state index contributed by atoms with van der Waals surface area (Å²) in [4.78, 5) is 2.41. The van der Waals surface area contributed by atoms with Gasteiger partial charge in [0.2, 0.25) is 0 Å². The molecule has 3 nitrogen and oxygen atoms in total. The predicted molar refractivity (Wildman–Crippen MR) is 71.5 cm³/mol. The van der Waals surface area contributed by atoms with Crippen molar-refractivity contribution in [2.75, 3.05) is 18.0 Å². The molecule has 1 aliphatic heterocycles. The minimum atomic E-state index is -0.0497. The van der Waals surface area contributed by atoms with Gasteiger partial charge in [0.1, 0.15) is 18.1 Å². The molecule has 3 rings (SSSR count). The molecule has 0 bridgehead atoms. The molecule has 1 fully saturated rings. The number of aliphatic hydroxyl groups excluding tert-OH is 1. The summed E-state index contributed by atoms with van der Waals surface area (Å²) >= 11 is 0. The van der Waals surface area contributed by atoms with Crippen LogP contribution in [0.3, 0.4) is 0 Å². The Hall–Kier alpha value is -1.74. The topological polar surface area (TPSA) is 36.6 Å². The molecule has 0 saturated carbocycles. The molecule has 18 heavy (non-hydrogen) atoms. The van der Waals surface area contributed by atoms with Gasteiger partial charge in [0, 0.05) is 24.3 Å². The lowest BCUT2D eigenvalue weighted by molar-refractivity contribution is 0.248. The van der Waals surface area contributed by atoms with Crippen LogP contribution in [-0.2, 0) is 6.61 Å². The van der Waals surface area contributed by atoms with Gasteiger partial charge in [-0.3, -0.25) is 0 Å². The van der Waals surface area contributed by atoms with Gasteiger partial charge in [-0.05, 0) is 49.2 Å². The van der Waals surface area contributed by atoms with E-state index in [9.17, 15) is 0 Å². The van der Waals surface area contributed by atoms with Gasteiger partial charge in [-0.1, -0.05) is 0 Å². The van der Waals surface area contributed by atoms with Crippen molar-refractivity contribution in [2.45, 2.75) is 19.4 Å². The lowest BCUT2D eigenvalue weighted by Gasteiger charge is -2.17. The van der Waals surface area contributed by atoms with Crippen LogP contribution in [0.1, 0.15) is 18.6 Å². The summed E-state index contributed by atoms with van der Waals surface area (Å²) in [6.45, 7) is 2.27. The van der Waals surface area contributed by atoms with E-state index in [1.807, 2.05) is 12.1 Å². The number of aliphatic hydroxyl groups is 1. The lowest BCUT2D eigenvalue weighted by atomic mass is 10.1. The Bertz CT molecular complexity index is 510. The van der Waals surface area contributed by atoms with Gasteiger partial charge in [-0.25, -0.2) is 0 Å². The molecule has 2 heterocycles. The Morgan fingerprint density at radius 2 is 1.72 bits per heavy atom. The maximum atomic E-state index is 8.99. The second-order valence-electron chi connectivity index (χ2n) is 4.67. The molecule has 1 aliphatic rings. The number of rotatable bonds is 3. The third-order valence-corrected chi connectivity index (χ3v) is 3.44. The number of anilines is 1. The highest BCUT2D eigenvalue weighted by Gasteiger charge is 2.12. The van der Waals surface area contributed by atoms with Crippen LogP contribution in [0.2, 0.25) is 0 Å². The largest absolute Gasteiger partial charge is 0.459 e. The molecule has 1 aromatic carbocycles. The van der Waals surface area contributed by atoms with Gasteiger partial charge >= 0.3 is 0 Å². The fraction of sp³-hybridized carbons (Fsp3) is 0.333. The van der Waals surface area contributed by atoms with Crippen molar-refractivity contribution in [2.24, 2.45) is 0 Å². The Kier molecular flexibility index (Phi) is 3.07. The highest BCUT2D eigenvalue weighted by Crippen LogP contribution is 2.26. The third-order valence-electron chi connectivity index (χ3n) is 3.44. The molecule has 3 heteroatoms. The first-order valence-electron chi connectivity index (χ1n) is 6.42. The van der Waals surface area contributed by atoms with E-state index in [1.54, 1.807) is 0 Å². The fourth-order valence-electron chi connectivity index (χ4n) is 2.43. The second kappa shape index (κ2) is 4.86. The van der Waals surface area contributed by atoms with Crippen molar-refractivity contribution in [3.63, 3.8) is 0 Å². The molecule has 1 aromatic heterocycles. The number of hydrogen-bond acceptors (Lipinski definition) is 3. The summed E-state index contributed by atoms with van der Waals surface area (Å²) in [5.74, 6) is 1.42. The van der Waals surface area contributed by atoms with Gasteiger partial charge in [-0.15, -0.1) is 0 Å². The monoisotopic (exact) mass is 243 g/mol. The smallest absolute Gasteiger partial charge is 0.134 e. The van der Waals surface area contributed by atoms with Crippen LogP contribution in [0.5, 0.6) is 0 Å². The number of benzene rings is 1. The highest BCUT2D eigenvalue weighted by atomic mass is 16.4. The standard InChI is InChI=1S/C15H17NO2/c17-11-14-7-8-15(18-14)12-3-5-13(6-4-12)16-9-1-2-10-16/h3-8,17H,1-2,9-11H2. The molecular formula is C15H17NO2. The van der Waals surface area contributed by atoms with Gasteiger partial charge in [0.05, 0.1) is 0 Å². The van der Waals surface area contributed by atoms with Gasteiger partial charge in [-0.2, -0.15) is 0 Å². The van der Waals surface area contributed by atoms with Crippen molar-refractivity contribution < 1.29 is 9.52 Å². The van der Waals surface area contributed by atoms with Crippen molar-refractivity contribution in [1.82, 2.24) is 0 Å². The maximum Gasteiger partial charge on any atom is 0.134 e. The van der Waals surface area contributed by atoms with E-state index >= 15 is 0 Å². The van der Waals surface area contributed by atoms with Crippen molar-refractivity contribution >= 4 is 5.69 Å². The Balaban J connectivity index is 1.81. The molecule has 94 valence electrons. The van der Waals surface area contributed by atoms with Gasteiger partial charge in [0.15, 0.2) is 0 Å². The first-order chi connectivity index (χ1) is 8.86. The van der Waals surface area contributed by atoms with Crippen LogP contribution in [0.4, 0.5) is 5.69 Å². The van der Waals surface area contributed by atoms with Crippen LogP contribution < -0.4 is 4.90 Å². The summed E-state index contributed by atoms with van der Waals surface area (Å²) in [5.41, 5.74) is 2.34. The zero-order valence-electron chi connectivity index (χ0n) is 10.3. The lowest BCUT2D eigenvalue weighted by Crippen LogP contribution is -2.17. The number of hydrogen-bond donors (Lipinski definition) is 1. The van der Waals surface area contributed by atoms with Crippen LogP contribution in [0, 0.1) is 0 Å². The van der Waals surface area contributed by atoms with Gasteiger partial charge < -0.3 is 14.4 Å². The zero-order chi connectivity index (χ0) is 12.4. The summed E-state index contributed by atoms with van der Waals surface area (Å²) in [7, 11) is 0. The van der Waals surface area contributed by atoms with Gasteiger partial charge in [0.25, 0.3) is 0 Å². The number of nitrogens with zero attached hydrogens (tertiary/aromatic N) is 1. The van der Waals surface area contributed by atoms with Crippen molar-refractivity contribution in [1.29, 1.82) is 0 Å². The van der Waals surface area contributed by atoms with E-state index in [0.29, 0.717) is 5.76 Å². The van der Waals surface area contributed by atoms with E-state index in [2.05, 4.69) is 29.2 Å². The first-order valence-corrected chi connectivity index (χ1v) is 6.42. The normalized spacial score (nSPS) is 15.3. The van der Waals surface area contributed by atoms with Crippen molar-refractivity contribution in [3.05, 3.63) is 42.2 Å². The molecule has 0 spiro atoms. The minimum absolute atomic E-state index is 0.0497. The van der Waals surface area contributed by atoms with E-state index in [-0.39, 0.29) is 6.61 Å². The number of furan rings is 1. The molecule has 0 unspecified atom stereocenters. The van der Waals surface area contributed by atoms with Crippen LogP contribution in [-0.4, -0.2) is 18.2 Å². The molecule has 0 amide bonds. The molecule has 2 aromatic rings. The molecule has 1 N–H and O–H groups in total. The van der Waals surface area contributed by atoms with E-state index < -0.39 is 0 Å². The average molecular weight is 243 g/mol. The molecule has 0 aliphatic carbocycles. The average Bonchev–Trinajstić information content (AvgIpc) is 3.10. The van der Waals surface area contributed by atoms with Crippen LogP contribution >= 0.6 is 0 Å².